The van der Waals surface area contributed by atoms with Crippen LogP contribution in [0.3, 0.4) is 0 Å². The lowest BCUT2D eigenvalue weighted by Gasteiger charge is -2.13. The number of aromatic amines is 1. The first-order chi connectivity index (χ1) is 10.3. The molecule has 1 heterocycles. The van der Waals surface area contributed by atoms with Gasteiger partial charge in [-0.3, -0.25) is 4.79 Å². The summed E-state index contributed by atoms with van der Waals surface area (Å²) in [5, 5.41) is 9.63. The van der Waals surface area contributed by atoms with Crippen molar-refractivity contribution in [3.8, 4) is 5.69 Å². The molecule has 0 atom stereocenters. The highest BCUT2D eigenvalue weighted by Crippen LogP contribution is 2.11. The van der Waals surface area contributed by atoms with Crippen LogP contribution in [0, 0.1) is 0 Å². The van der Waals surface area contributed by atoms with Gasteiger partial charge in [-0.2, -0.15) is 0 Å². The average molecular weight is 324 g/mol. The zero-order valence-electron chi connectivity index (χ0n) is 12.0. The van der Waals surface area contributed by atoms with Crippen molar-refractivity contribution in [3.63, 3.8) is 0 Å². The Morgan fingerprint density at radius 2 is 1.86 bits per heavy atom. The predicted octanol–water partition coefficient (Wildman–Crippen LogP) is 0.939. The number of aromatic nitrogens is 2. The number of H-pyrrole nitrogens is 1. The van der Waals surface area contributed by atoms with Gasteiger partial charge in [0.2, 0.25) is 0 Å². The molecule has 0 aliphatic carbocycles. The van der Waals surface area contributed by atoms with Gasteiger partial charge in [-0.25, -0.2) is 14.2 Å². The zero-order chi connectivity index (χ0) is 16.4. The van der Waals surface area contributed by atoms with E-state index in [2.05, 4.69) is 4.98 Å². The summed E-state index contributed by atoms with van der Waals surface area (Å²) in [5.41, 5.74) is -1.56. The van der Waals surface area contributed by atoms with E-state index in [0.29, 0.717) is 10.7 Å². The van der Waals surface area contributed by atoms with E-state index >= 15 is 0 Å². The third-order valence-electron chi connectivity index (χ3n) is 2.97. The van der Waals surface area contributed by atoms with Crippen LogP contribution in [0.4, 0.5) is 0 Å². The Morgan fingerprint density at radius 3 is 2.36 bits per heavy atom. The molecular formula is C14H14ClN3O4. The maximum Gasteiger partial charge on any atom is 0.352 e. The molecule has 0 fully saturated rings. The van der Waals surface area contributed by atoms with Gasteiger partial charge in [0.05, 0.1) is 11.3 Å². The van der Waals surface area contributed by atoms with Gasteiger partial charge in [-0.05, 0) is 38.4 Å². The van der Waals surface area contributed by atoms with E-state index < -0.39 is 22.9 Å². The molecule has 0 unspecified atom stereocenters. The highest BCUT2D eigenvalue weighted by atomic mass is 35.5. The quantitative estimate of drug-likeness (QED) is 0.873. The summed E-state index contributed by atoms with van der Waals surface area (Å²) < 4.78 is 0.890. The van der Waals surface area contributed by atoms with E-state index in [-0.39, 0.29) is 12.1 Å². The minimum atomic E-state index is -1.35. The van der Waals surface area contributed by atoms with Gasteiger partial charge in [-0.1, -0.05) is 11.6 Å². The molecule has 1 aromatic heterocycles. The highest BCUT2D eigenvalue weighted by molar-refractivity contribution is 6.30. The summed E-state index contributed by atoms with van der Waals surface area (Å²) >= 11 is 5.79. The van der Waals surface area contributed by atoms with Gasteiger partial charge in [0.1, 0.15) is 5.69 Å². The smallest absolute Gasteiger partial charge is 0.352 e. The lowest BCUT2D eigenvalue weighted by atomic mass is 10.2. The molecule has 0 radical (unpaired) electrons. The maximum atomic E-state index is 12.6. The maximum absolute atomic E-state index is 12.6. The number of carboxylic acid groups (broad SMARTS) is 1. The lowest BCUT2D eigenvalue weighted by Crippen LogP contribution is -2.39. The number of halogens is 1. The molecule has 7 nitrogen and oxygen atoms in total. The fourth-order valence-corrected chi connectivity index (χ4v) is 2.17. The third kappa shape index (κ3) is 3.10. The topological polar surface area (TPSA) is 95.4 Å². The number of hydrogen-bond acceptors (Lipinski definition) is 4. The first-order valence-electron chi connectivity index (χ1n) is 6.33. The minimum Gasteiger partial charge on any atom is -0.477 e. The fourth-order valence-electron chi connectivity index (χ4n) is 2.04. The third-order valence-corrected chi connectivity index (χ3v) is 3.22. The lowest BCUT2D eigenvalue weighted by molar-refractivity contribution is 0.0687. The minimum absolute atomic E-state index is 0.00653. The fraction of sp³-hybridized carbons (Fsp3) is 0.214. The molecule has 0 bridgehead atoms. The van der Waals surface area contributed by atoms with Crippen molar-refractivity contribution in [2.24, 2.45) is 0 Å². The van der Waals surface area contributed by atoms with Crippen molar-refractivity contribution in [2.75, 3.05) is 14.1 Å². The first kappa shape index (κ1) is 16.0. The molecule has 0 aliphatic heterocycles. The number of hydrogen-bond donors (Lipinski definition) is 2. The molecule has 0 aliphatic rings. The number of benzene rings is 1. The Balaban J connectivity index is 2.76. The number of carboxylic acids is 1. The summed E-state index contributed by atoms with van der Waals surface area (Å²) in [7, 11) is 3.39. The van der Waals surface area contributed by atoms with Gasteiger partial charge < -0.3 is 15.0 Å². The van der Waals surface area contributed by atoms with Crippen LogP contribution in [0.5, 0.6) is 0 Å². The average Bonchev–Trinajstić information content (AvgIpc) is 2.43. The van der Waals surface area contributed by atoms with E-state index in [1.807, 2.05) is 0 Å². The highest BCUT2D eigenvalue weighted by Gasteiger charge is 2.20. The van der Waals surface area contributed by atoms with Crippen LogP contribution in [0.25, 0.3) is 5.69 Å². The van der Waals surface area contributed by atoms with E-state index in [9.17, 15) is 19.5 Å². The Kier molecular flexibility index (Phi) is 4.48. The summed E-state index contributed by atoms with van der Waals surface area (Å²) in [6.45, 7) is 0.0881. The summed E-state index contributed by atoms with van der Waals surface area (Å²) in [5.74, 6) is -1.35. The predicted molar refractivity (Wildman–Crippen MR) is 82.0 cm³/mol. The monoisotopic (exact) mass is 323 g/mol. The largest absolute Gasteiger partial charge is 0.477 e. The van der Waals surface area contributed by atoms with Gasteiger partial charge in [0, 0.05) is 11.6 Å². The summed E-state index contributed by atoms with van der Waals surface area (Å²) in [6, 6.07) is 6.11. The van der Waals surface area contributed by atoms with Crippen LogP contribution < -0.4 is 11.2 Å². The number of nitrogens with one attached hydrogen (secondary N) is 1. The van der Waals surface area contributed by atoms with Gasteiger partial charge >= 0.3 is 11.7 Å². The molecule has 0 amide bonds. The normalized spacial score (nSPS) is 10.9. The van der Waals surface area contributed by atoms with Crippen LogP contribution in [-0.4, -0.2) is 39.6 Å². The second-order valence-electron chi connectivity index (χ2n) is 4.94. The second-order valence-corrected chi connectivity index (χ2v) is 5.38. The molecule has 0 spiro atoms. The molecule has 1 aromatic carbocycles. The number of nitrogens with zero attached hydrogens (tertiary/aromatic N) is 2. The number of rotatable bonds is 4. The molecule has 2 aromatic rings. The SMILES string of the molecule is CN(C)Cc1c(C(=O)O)[nH]c(=O)n(-c2ccc(Cl)cc2)c1=O. The molecule has 116 valence electrons. The first-order valence-corrected chi connectivity index (χ1v) is 6.71. The van der Waals surface area contributed by atoms with Gasteiger partial charge in [0.15, 0.2) is 0 Å². The Morgan fingerprint density at radius 1 is 1.27 bits per heavy atom. The van der Waals surface area contributed by atoms with Crippen LogP contribution >= 0.6 is 11.6 Å². The van der Waals surface area contributed by atoms with E-state index in [1.165, 1.54) is 12.1 Å². The van der Waals surface area contributed by atoms with Crippen molar-refractivity contribution in [1.82, 2.24) is 14.5 Å². The Hall–Kier alpha value is -2.38. The van der Waals surface area contributed by atoms with E-state index in [1.54, 1.807) is 31.1 Å². The van der Waals surface area contributed by atoms with Crippen molar-refractivity contribution >= 4 is 17.6 Å². The van der Waals surface area contributed by atoms with Crippen molar-refractivity contribution in [3.05, 3.63) is 61.4 Å². The summed E-state index contributed by atoms with van der Waals surface area (Å²) in [4.78, 5) is 39.8. The molecular weight excluding hydrogens is 310 g/mol. The second kappa shape index (κ2) is 6.17. The Bertz CT molecular complexity index is 821. The molecule has 2 rings (SSSR count). The van der Waals surface area contributed by atoms with Crippen LogP contribution in [0.15, 0.2) is 33.9 Å². The molecule has 8 heteroatoms. The standard InChI is InChI=1S/C14H14ClN3O4/c1-17(2)7-10-11(13(20)21)16-14(22)18(12(10)19)9-5-3-8(15)4-6-9/h3-6H,7H2,1-2H3,(H,16,22)(H,20,21). The summed E-state index contributed by atoms with van der Waals surface area (Å²) in [6.07, 6.45) is 0. The number of carbonyl (C=O) groups is 1. The van der Waals surface area contributed by atoms with Gasteiger partial charge in [0.25, 0.3) is 5.56 Å². The molecule has 0 saturated carbocycles. The van der Waals surface area contributed by atoms with Crippen LogP contribution in [-0.2, 0) is 6.54 Å². The van der Waals surface area contributed by atoms with Gasteiger partial charge in [-0.15, -0.1) is 0 Å². The van der Waals surface area contributed by atoms with Crippen molar-refractivity contribution in [1.29, 1.82) is 0 Å². The van der Waals surface area contributed by atoms with Crippen molar-refractivity contribution < 1.29 is 9.90 Å². The van der Waals surface area contributed by atoms with E-state index in [4.69, 9.17) is 11.6 Å². The van der Waals surface area contributed by atoms with Crippen LogP contribution in [0.2, 0.25) is 5.02 Å². The van der Waals surface area contributed by atoms with E-state index in [0.717, 1.165) is 4.57 Å². The Labute approximate surface area is 130 Å². The van der Waals surface area contributed by atoms with Crippen LogP contribution in [0.1, 0.15) is 16.1 Å². The molecule has 2 N–H and O–H groups in total. The van der Waals surface area contributed by atoms with Crippen molar-refractivity contribution in [2.45, 2.75) is 6.54 Å². The molecule has 22 heavy (non-hydrogen) atoms. The molecule has 0 saturated heterocycles. The number of aromatic carboxylic acids is 1. The zero-order valence-corrected chi connectivity index (χ0v) is 12.7.